The van der Waals surface area contributed by atoms with Crippen molar-refractivity contribution in [2.24, 2.45) is 16.1 Å². The fourth-order valence-electron chi connectivity index (χ4n) is 1.23. The van der Waals surface area contributed by atoms with Gasteiger partial charge >= 0.3 is 5.97 Å². The third-order valence-electron chi connectivity index (χ3n) is 1.97. The second kappa shape index (κ2) is 6.37. The van der Waals surface area contributed by atoms with Gasteiger partial charge in [-0.1, -0.05) is 13.8 Å². The van der Waals surface area contributed by atoms with Crippen molar-refractivity contribution in [1.29, 1.82) is 0 Å². The summed E-state index contributed by atoms with van der Waals surface area (Å²) >= 11 is 1.49. The summed E-state index contributed by atoms with van der Waals surface area (Å²) in [5.74, 6) is 0.0559. The predicted octanol–water partition coefficient (Wildman–Crippen LogP) is 3.42. The van der Waals surface area contributed by atoms with Gasteiger partial charge in [0.1, 0.15) is 5.00 Å². The normalized spacial score (nSPS) is 13.2. The summed E-state index contributed by atoms with van der Waals surface area (Å²) in [4.78, 5) is 11.4. The fourth-order valence-corrected chi connectivity index (χ4v) is 1.77. The Kier molecular flexibility index (Phi) is 5.11. The molecule has 0 aliphatic carbocycles. The monoisotopic (exact) mass is 240 g/mol. The fraction of sp³-hybridized carbons (Fsp3) is 0.545. The Labute approximate surface area is 99.3 Å². The predicted molar refractivity (Wildman–Crippen MR) is 64.1 cm³/mol. The molecule has 0 aliphatic rings. The highest BCUT2D eigenvalue weighted by Crippen LogP contribution is 2.21. The molecule has 0 saturated carbocycles. The summed E-state index contributed by atoms with van der Waals surface area (Å²) in [6.45, 7) is 4.08. The Hall–Kier alpha value is -1.23. The summed E-state index contributed by atoms with van der Waals surface area (Å²) < 4.78 is 4.69. The van der Waals surface area contributed by atoms with Crippen molar-refractivity contribution in [1.82, 2.24) is 0 Å². The molecular weight excluding hydrogens is 224 g/mol. The van der Waals surface area contributed by atoms with E-state index in [1.54, 1.807) is 0 Å². The van der Waals surface area contributed by atoms with Crippen molar-refractivity contribution in [3.05, 3.63) is 17.5 Å². The van der Waals surface area contributed by atoms with Gasteiger partial charge in [0.25, 0.3) is 0 Å². The highest BCUT2D eigenvalue weighted by atomic mass is 32.1. The molecule has 16 heavy (non-hydrogen) atoms. The minimum atomic E-state index is -0.493. The summed E-state index contributed by atoms with van der Waals surface area (Å²) in [6, 6.07) is 3.26. The Morgan fingerprint density at radius 3 is 2.81 bits per heavy atom. The first-order chi connectivity index (χ1) is 7.63. The maximum Gasteiger partial charge on any atom is 0.332 e. The molecule has 4 nitrogen and oxygen atoms in total. The first kappa shape index (κ1) is 12.8. The van der Waals surface area contributed by atoms with Crippen molar-refractivity contribution in [3.8, 4) is 0 Å². The van der Waals surface area contributed by atoms with E-state index in [9.17, 15) is 4.79 Å². The second-order valence-electron chi connectivity index (χ2n) is 3.84. The summed E-state index contributed by atoms with van der Waals surface area (Å²) in [5.41, 5.74) is 0. The Bertz CT molecular complexity index is 347. The number of carbonyl (C=O) groups excluding carboxylic acids is 1. The average molecular weight is 240 g/mol. The van der Waals surface area contributed by atoms with E-state index in [0.29, 0.717) is 12.3 Å². The van der Waals surface area contributed by atoms with Crippen LogP contribution in [0, 0.1) is 5.92 Å². The van der Waals surface area contributed by atoms with E-state index in [-0.39, 0.29) is 5.97 Å². The van der Waals surface area contributed by atoms with E-state index in [1.807, 2.05) is 31.4 Å². The lowest BCUT2D eigenvalue weighted by Crippen LogP contribution is -2.21. The Morgan fingerprint density at radius 2 is 2.31 bits per heavy atom. The first-order valence-electron chi connectivity index (χ1n) is 5.15. The molecule has 0 saturated heterocycles. The quantitative estimate of drug-likeness (QED) is 0.585. The molecule has 0 bridgehead atoms. The molecule has 1 heterocycles. The van der Waals surface area contributed by atoms with Crippen LogP contribution in [0.15, 0.2) is 27.7 Å². The number of methoxy groups -OCH3 is 1. The van der Waals surface area contributed by atoms with E-state index < -0.39 is 6.04 Å². The first-order valence-corrected chi connectivity index (χ1v) is 6.03. The smallest absolute Gasteiger partial charge is 0.332 e. The second-order valence-corrected chi connectivity index (χ2v) is 4.76. The third-order valence-corrected chi connectivity index (χ3v) is 2.72. The van der Waals surface area contributed by atoms with Gasteiger partial charge in [0.2, 0.25) is 0 Å². The van der Waals surface area contributed by atoms with Gasteiger partial charge in [-0.15, -0.1) is 16.5 Å². The number of ether oxygens (including phenoxy) is 1. The molecule has 1 rings (SSSR count). The minimum absolute atomic E-state index is 0.325. The van der Waals surface area contributed by atoms with Crippen LogP contribution in [0.1, 0.15) is 20.3 Å². The molecule has 1 atom stereocenters. The van der Waals surface area contributed by atoms with Crippen LogP contribution in [0.2, 0.25) is 0 Å². The number of hydrogen-bond acceptors (Lipinski definition) is 5. The number of azo groups is 1. The van der Waals surface area contributed by atoms with E-state index in [0.717, 1.165) is 5.00 Å². The van der Waals surface area contributed by atoms with Gasteiger partial charge in [-0.3, -0.25) is 0 Å². The molecule has 0 aromatic carbocycles. The van der Waals surface area contributed by atoms with Crippen LogP contribution in [-0.2, 0) is 9.53 Å². The molecule has 0 unspecified atom stereocenters. The van der Waals surface area contributed by atoms with Crippen molar-refractivity contribution in [2.75, 3.05) is 7.11 Å². The Morgan fingerprint density at radius 1 is 1.56 bits per heavy atom. The number of esters is 1. The third kappa shape index (κ3) is 4.10. The molecule has 0 fully saturated rings. The van der Waals surface area contributed by atoms with Crippen molar-refractivity contribution in [3.63, 3.8) is 0 Å². The highest BCUT2D eigenvalue weighted by Gasteiger charge is 2.19. The van der Waals surface area contributed by atoms with Crippen molar-refractivity contribution < 1.29 is 9.53 Å². The van der Waals surface area contributed by atoms with Gasteiger partial charge in [0.15, 0.2) is 6.04 Å². The molecule has 0 amide bonds. The van der Waals surface area contributed by atoms with Gasteiger partial charge in [-0.05, 0) is 29.9 Å². The van der Waals surface area contributed by atoms with Crippen LogP contribution < -0.4 is 0 Å². The molecule has 0 spiro atoms. The number of carbonyl (C=O) groups is 1. The zero-order chi connectivity index (χ0) is 12.0. The zero-order valence-electron chi connectivity index (χ0n) is 9.71. The number of rotatable bonds is 5. The SMILES string of the molecule is COC(=O)[C@H](CC(C)C)N=Nc1cccs1. The van der Waals surface area contributed by atoms with Crippen LogP contribution in [0.5, 0.6) is 0 Å². The lowest BCUT2D eigenvalue weighted by atomic mass is 10.1. The van der Waals surface area contributed by atoms with Gasteiger partial charge in [-0.2, -0.15) is 5.11 Å². The van der Waals surface area contributed by atoms with Crippen LogP contribution in [0.25, 0.3) is 0 Å². The van der Waals surface area contributed by atoms with E-state index >= 15 is 0 Å². The maximum absolute atomic E-state index is 11.4. The van der Waals surface area contributed by atoms with Crippen LogP contribution in [-0.4, -0.2) is 19.1 Å². The summed E-state index contributed by atoms with van der Waals surface area (Å²) in [7, 11) is 1.37. The molecule has 0 aliphatic heterocycles. The summed E-state index contributed by atoms with van der Waals surface area (Å²) in [6.07, 6.45) is 0.654. The molecule has 1 aromatic rings. The molecule has 5 heteroatoms. The molecule has 1 aromatic heterocycles. The molecular formula is C11H16N2O2S. The maximum atomic E-state index is 11.4. The topological polar surface area (TPSA) is 51.0 Å². The van der Waals surface area contributed by atoms with Crippen LogP contribution in [0.3, 0.4) is 0 Å². The number of thiophene rings is 1. The van der Waals surface area contributed by atoms with Gasteiger partial charge in [-0.25, -0.2) is 4.79 Å². The lowest BCUT2D eigenvalue weighted by Gasteiger charge is -2.10. The average Bonchev–Trinajstić information content (AvgIpc) is 2.75. The van der Waals surface area contributed by atoms with E-state index in [4.69, 9.17) is 4.74 Å². The van der Waals surface area contributed by atoms with Crippen LogP contribution >= 0.6 is 11.3 Å². The number of nitrogens with zero attached hydrogens (tertiary/aromatic N) is 2. The molecule has 0 N–H and O–H groups in total. The summed E-state index contributed by atoms with van der Waals surface area (Å²) in [5, 5.41) is 10.8. The standard InChI is InChI=1S/C11H16N2O2S/c1-8(2)7-9(11(14)15-3)12-13-10-5-4-6-16-10/h4-6,8-9H,7H2,1-3H3/t9-/m0/s1. The van der Waals surface area contributed by atoms with E-state index in [1.165, 1.54) is 18.4 Å². The number of hydrogen-bond donors (Lipinski definition) is 0. The highest BCUT2D eigenvalue weighted by molar-refractivity contribution is 7.13. The van der Waals surface area contributed by atoms with E-state index in [2.05, 4.69) is 10.2 Å². The molecule has 88 valence electrons. The van der Waals surface area contributed by atoms with Gasteiger partial charge in [0.05, 0.1) is 7.11 Å². The van der Waals surface area contributed by atoms with Crippen molar-refractivity contribution >= 4 is 22.3 Å². The largest absolute Gasteiger partial charge is 0.467 e. The Balaban J connectivity index is 2.66. The van der Waals surface area contributed by atoms with Gasteiger partial charge < -0.3 is 4.74 Å². The van der Waals surface area contributed by atoms with Gasteiger partial charge in [0, 0.05) is 0 Å². The van der Waals surface area contributed by atoms with Crippen LogP contribution in [0.4, 0.5) is 5.00 Å². The minimum Gasteiger partial charge on any atom is -0.467 e. The molecule has 0 radical (unpaired) electrons. The van der Waals surface area contributed by atoms with Crippen molar-refractivity contribution in [2.45, 2.75) is 26.3 Å². The lowest BCUT2D eigenvalue weighted by molar-refractivity contribution is -0.142. The zero-order valence-corrected chi connectivity index (χ0v) is 10.5.